The maximum atomic E-state index is 12.7. The molecule has 1 aromatic rings. The normalized spacial score (nSPS) is 12.3. The summed E-state index contributed by atoms with van der Waals surface area (Å²) in [7, 11) is 1.17. The van der Waals surface area contributed by atoms with E-state index >= 15 is 0 Å². The molecule has 0 amide bonds. The number of carbonyl (C=O) groups excluding carboxylic acids is 1. The molecular formula is C9H9F2NO2. The lowest BCUT2D eigenvalue weighted by Crippen LogP contribution is -2.22. The summed E-state index contributed by atoms with van der Waals surface area (Å²) < 4.78 is 29.6. The van der Waals surface area contributed by atoms with Crippen LogP contribution < -0.4 is 5.73 Å². The van der Waals surface area contributed by atoms with Crippen molar-refractivity contribution in [1.29, 1.82) is 0 Å². The molecule has 5 heteroatoms. The molecule has 0 aliphatic rings. The predicted molar refractivity (Wildman–Crippen MR) is 45.3 cm³/mol. The van der Waals surface area contributed by atoms with Crippen molar-refractivity contribution >= 4 is 5.97 Å². The molecule has 76 valence electrons. The summed E-state index contributed by atoms with van der Waals surface area (Å²) in [5, 5.41) is 0. The Balaban J connectivity index is 2.96. The number of methoxy groups -OCH3 is 1. The Hall–Kier alpha value is -1.49. The van der Waals surface area contributed by atoms with Crippen molar-refractivity contribution in [3.8, 4) is 0 Å². The quantitative estimate of drug-likeness (QED) is 0.730. The first-order chi connectivity index (χ1) is 6.56. The molecule has 0 saturated heterocycles. The van der Waals surface area contributed by atoms with Gasteiger partial charge in [-0.05, 0) is 17.7 Å². The molecule has 0 aliphatic heterocycles. The number of halogens is 2. The average Bonchev–Trinajstić information content (AvgIpc) is 2.20. The van der Waals surface area contributed by atoms with Gasteiger partial charge in [-0.3, -0.25) is 4.79 Å². The fourth-order valence-electron chi connectivity index (χ4n) is 0.969. The predicted octanol–water partition coefficient (Wildman–Crippen LogP) is 1.14. The van der Waals surface area contributed by atoms with Gasteiger partial charge in [-0.2, -0.15) is 0 Å². The molecule has 0 bridgehead atoms. The first-order valence-electron chi connectivity index (χ1n) is 3.84. The molecule has 1 unspecified atom stereocenters. The van der Waals surface area contributed by atoms with Crippen molar-refractivity contribution in [2.75, 3.05) is 7.11 Å². The molecule has 0 aliphatic carbocycles. The molecule has 0 spiro atoms. The van der Waals surface area contributed by atoms with E-state index < -0.39 is 23.6 Å². The summed E-state index contributed by atoms with van der Waals surface area (Å²) in [6.45, 7) is 0. The monoisotopic (exact) mass is 201 g/mol. The molecule has 0 fully saturated rings. The minimum atomic E-state index is -1.09. The average molecular weight is 201 g/mol. The Bertz CT molecular complexity index is 355. The first-order valence-corrected chi connectivity index (χ1v) is 3.84. The van der Waals surface area contributed by atoms with Crippen LogP contribution in [0, 0.1) is 11.6 Å². The van der Waals surface area contributed by atoms with E-state index in [9.17, 15) is 13.6 Å². The molecule has 0 radical (unpaired) electrons. The zero-order chi connectivity index (χ0) is 10.7. The van der Waals surface area contributed by atoms with Gasteiger partial charge in [-0.1, -0.05) is 6.07 Å². The van der Waals surface area contributed by atoms with E-state index in [-0.39, 0.29) is 5.56 Å². The van der Waals surface area contributed by atoms with Crippen molar-refractivity contribution in [2.24, 2.45) is 5.73 Å². The zero-order valence-corrected chi connectivity index (χ0v) is 7.46. The van der Waals surface area contributed by atoms with Crippen molar-refractivity contribution in [1.82, 2.24) is 0 Å². The molecule has 1 aromatic carbocycles. The molecule has 0 saturated carbocycles. The largest absolute Gasteiger partial charge is 0.468 e. The van der Waals surface area contributed by atoms with Crippen LogP contribution in [-0.2, 0) is 9.53 Å². The highest BCUT2D eigenvalue weighted by atomic mass is 19.2. The minimum absolute atomic E-state index is 0.177. The van der Waals surface area contributed by atoms with Crippen LogP contribution >= 0.6 is 0 Å². The number of ether oxygens (including phenoxy) is 1. The summed E-state index contributed by atoms with van der Waals surface area (Å²) >= 11 is 0. The van der Waals surface area contributed by atoms with Gasteiger partial charge in [-0.15, -0.1) is 0 Å². The summed E-state index contributed by atoms with van der Waals surface area (Å²) in [6.07, 6.45) is 0. The number of hydrogen-bond donors (Lipinski definition) is 1. The Morgan fingerprint density at radius 1 is 1.43 bits per heavy atom. The number of nitrogens with two attached hydrogens (primary N) is 1. The molecule has 1 atom stereocenters. The van der Waals surface area contributed by atoms with Gasteiger partial charge in [-0.25, -0.2) is 8.78 Å². The van der Waals surface area contributed by atoms with Crippen LogP contribution in [0.25, 0.3) is 0 Å². The maximum Gasteiger partial charge on any atom is 0.327 e. The molecule has 14 heavy (non-hydrogen) atoms. The third-order valence-electron chi connectivity index (χ3n) is 1.76. The molecular weight excluding hydrogens is 192 g/mol. The zero-order valence-electron chi connectivity index (χ0n) is 7.46. The Morgan fingerprint density at radius 3 is 2.57 bits per heavy atom. The van der Waals surface area contributed by atoms with Gasteiger partial charge >= 0.3 is 5.97 Å². The van der Waals surface area contributed by atoms with E-state index in [2.05, 4.69) is 4.74 Å². The lowest BCUT2D eigenvalue weighted by Gasteiger charge is -2.09. The van der Waals surface area contributed by atoms with Crippen molar-refractivity contribution in [2.45, 2.75) is 6.04 Å². The third-order valence-corrected chi connectivity index (χ3v) is 1.76. The van der Waals surface area contributed by atoms with Crippen LogP contribution in [-0.4, -0.2) is 13.1 Å². The highest BCUT2D eigenvalue weighted by Gasteiger charge is 2.17. The van der Waals surface area contributed by atoms with Gasteiger partial charge in [0.2, 0.25) is 0 Å². The van der Waals surface area contributed by atoms with Gasteiger partial charge in [0, 0.05) is 0 Å². The summed E-state index contributed by atoms with van der Waals surface area (Å²) in [4.78, 5) is 10.9. The molecule has 0 heterocycles. The van der Waals surface area contributed by atoms with Crippen LogP contribution in [0.3, 0.4) is 0 Å². The van der Waals surface area contributed by atoms with Crippen LogP contribution in [0.15, 0.2) is 18.2 Å². The SMILES string of the molecule is COC(=O)C(N)c1ccc(F)c(F)c1. The lowest BCUT2D eigenvalue weighted by atomic mass is 10.1. The van der Waals surface area contributed by atoms with Crippen molar-refractivity contribution < 1.29 is 18.3 Å². The van der Waals surface area contributed by atoms with Crippen LogP contribution in [0.5, 0.6) is 0 Å². The number of benzene rings is 1. The van der Waals surface area contributed by atoms with Gasteiger partial charge in [0.1, 0.15) is 6.04 Å². The van der Waals surface area contributed by atoms with Crippen molar-refractivity contribution in [3.05, 3.63) is 35.4 Å². The van der Waals surface area contributed by atoms with Crippen LogP contribution in [0.4, 0.5) is 8.78 Å². The lowest BCUT2D eigenvalue weighted by molar-refractivity contribution is -0.142. The minimum Gasteiger partial charge on any atom is -0.468 e. The highest BCUT2D eigenvalue weighted by molar-refractivity contribution is 5.77. The summed E-state index contributed by atoms with van der Waals surface area (Å²) in [5.41, 5.74) is 5.58. The standard InChI is InChI=1S/C9H9F2NO2/c1-14-9(13)8(12)5-2-3-6(10)7(11)4-5/h2-4,8H,12H2,1H3. The second kappa shape index (κ2) is 4.15. The second-order valence-corrected chi connectivity index (χ2v) is 2.67. The fourth-order valence-corrected chi connectivity index (χ4v) is 0.969. The maximum absolute atomic E-state index is 12.7. The van der Waals surface area contributed by atoms with Crippen molar-refractivity contribution in [3.63, 3.8) is 0 Å². The molecule has 2 N–H and O–H groups in total. The number of carbonyl (C=O) groups is 1. The second-order valence-electron chi connectivity index (χ2n) is 2.67. The first kappa shape index (κ1) is 10.6. The van der Waals surface area contributed by atoms with Crippen LogP contribution in [0.1, 0.15) is 11.6 Å². The third kappa shape index (κ3) is 2.05. The number of hydrogen-bond acceptors (Lipinski definition) is 3. The Labute approximate surface area is 79.5 Å². The number of esters is 1. The fraction of sp³-hybridized carbons (Fsp3) is 0.222. The topological polar surface area (TPSA) is 52.3 Å². The summed E-state index contributed by atoms with van der Waals surface area (Å²) in [5.74, 6) is -2.72. The van der Waals surface area contributed by atoms with Crippen LogP contribution in [0.2, 0.25) is 0 Å². The van der Waals surface area contributed by atoms with E-state index in [0.717, 1.165) is 12.1 Å². The van der Waals surface area contributed by atoms with E-state index in [1.165, 1.54) is 13.2 Å². The Morgan fingerprint density at radius 2 is 2.07 bits per heavy atom. The van der Waals surface area contributed by atoms with E-state index in [1.54, 1.807) is 0 Å². The Kier molecular flexibility index (Phi) is 3.14. The van der Waals surface area contributed by atoms with Gasteiger partial charge in [0.25, 0.3) is 0 Å². The molecule has 3 nitrogen and oxygen atoms in total. The van der Waals surface area contributed by atoms with Gasteiger partial charge in [0.15, 0.2) is 11.6 Å². The van der Waals surface area contributed by atoms with E-state index in [0.29, 0.717) is 0 Å². The summed E-state index contributed by atoms with van der Waals surface area (Å²) in [6, 6.07) is 1.93. The molecule has 0 aromatic heterocycles. The van der Waals surface area contributed by atoms with Gasteiger partial charge < -0.3 is 10.5 Å². The van der Waals surface area contributed by atoms with Gasteiger partial charge in [0.05, 0.1) is 7.11 Å². The smallest absolute Gasteiger partial charge is 0.327 e. The van der Waals surface area contributed by atoms with E-state index in [4.69, 9.17) is 5.73 Å². The van der Waals surface area contributed by atoms with E-state index in [1.807, 2.05) is 0 Å². The highest BCUT2D eigenvalue weighted by Crippen LogP contribution is 2.15. The molecule has 1 rings (SSSR count). The number of rotatable bonds is 2.